The Morgan fingerprint density at radius 1 is 1.18 bits per heavy atom. The number of carbonyl (C=O) groups excluding carboxylic acids is 2. The molecule has 120 valence electrons. The molecule has 1 aliphatic rings. The molecule has 1 heterocycles. The highest BCUT2D eigenvalue weighted by Gasteiger charge is 2.27. The average molecular weight is 306 g/mol. The second-order valence-electron chi connectivity index (χ2n) is 5.16. The number of ether oxygens (including phenoxy) is 2. The summed E-state index contributed by atoms with van der Waals surface area (Å²) in [6.07, 6.45) is 0.919. The molecule has 2 amide bonds. The molecule has 0 aliphatic carbocycles. The summed E-state index contributed by atoms with van der Waals surface area (Å²) in [6.45, 7) is 4.19. The van der Waals surface area contributed by atoms with Crippen LogP contribution in [0.4, 0.5) is 0 Å². The Morgan fingerprint density at radius 2 is 1.77 bits per heavy atom. The lowest BCUT2D eigenvalue weighted by Gasteiger charge is -2.34. The molecule has 1 fully saturated rings. The lowest BCUT2D eigenvalue weighted by molar-refractivity contribution is -0.142. The van der Waals surface area contributed by atoms with Gasteiger partial charge in [-0.1, -0.05) is 6.92 Å². The van der Waals surface area contributed by atoms with Crippen molar-refractivity contribution < 1.29 is 19.1 Å². The van der Waals surface area contributed by atoms with E-state index in [-0.39, 0.29) is 5.91 Å². The molecule has 2 rings (SSSR count). The fourth-order valence-corrected chi connectivity index (χ4v) is 2.38. The zero-order chi connectivity index (χ0) is 15.9. The van der Waals surface area contributed by atoms with Gasteiger partial charge in [0.15, 0.2) is 6.10 Å². The Bertz CT molecular complexity index is 495. The average Bonchev–Trinajstić information content (AvgIpc) is 2.59. The van der Waals surface area contributed by atoms with E-state index in [0.717, 1.165) is 12.2 Å². The van der Waals surface area contributed by atoms with Crippen molar-refractivity contribution in [3.8, 4) is 11.5 Å². The van der Waals surface area contributed by atoms with Crippen LogP contribution in [0.15, 0.2) is 24.3 Å². The molecule has 1 atom stereocenters. The maximum atomic E-state index is 12.5. The summed E-state index contributed by atoms with van der Waals surface area (Å²) in [5.41, 5.74) is 0. The third kappa shape index (κ3) is 3.90. The van der Waals surface area contributed by atoms with E-state index in [2.05, 4.69) is 0 Å². The summed E-state index contributed by atoms with van der Waals surface area (Å²) in [5, 5.41) is 0. The van der Waals surface area contributed by atoms with Crippen LogP contribution in [-0.4, -0.2) is 61.5 Å². The predicted molar refractivity (Wildman–Crippen MR) is 81.9 cm³/mol. The van der Waals surface area contributed by atoms with E-state index in [1.807, 2.05) is 6.92 Å². The number of amides is 2. The summed E-state index contributed by atoms with van der Waals surface area (Å²) in [7, 11) is 1.60. The van der Waals surface area contributed by atoms with E-state index in [1.165, 1.54) is 0 Å². The van der Waals surface area contributed by atoms with E-state index < -0.39 is 6.10 Å². The number of benzene rings is 1. The highest BCUT2D eigenvalue weighted by atomic mass is 16.5. The van der Waals surface area contributed by atoms with Gasteiger partial charge in [-0.05, 0) is 30.7 Å². The Morgan fingerprint density at radius 3 is 2.27 bits per heavy atom. The van der Waals surface area contributed by atoms with E-state index in [4.69, 9.17) is 9.47 Å². The first-order chi connectivity index (χ1) is 10.7. The van der Waals surface area contributed by atoms with Crippen LogP contribution in [0.25, 0.3) is 0 Å². The SMILES string of the molecule is CCC(Oc1ccc(OC)cc1)C(=O)N1CCN(C=O)CC1. The first kappa shape index (κ1) is 16.1. The number of piperazine rings is 1. The van der Waals surface area contributed by atoms with Gasteiger partial charge in [0.1, 0.15) is 11.5 Å². The molecular formula is C16H22N2O4. The zero-order valence-corrected chi connectivity index (χ0v) is 13.0. The molecule has 0 bridgehead atoms. The van der Waals surface area contributed by atoms with Gasteiger partial charge in [-0.3, -0.25) is 9.59 Å². The number of hydrogen-bond donors (Lipinski definition) is 0. The van der Waals surface area contributed by atoms with Crippen LogP contribution in [0, 0.1) is 0 Å². The van der Waals surface area contributed by atoms with Crippen LogP contribution < -0.4 is 9.47 Å². The predicted octanol–water partition coefficient (Wildman–Crippen LogP) is 1.15. The maximum Gasteiger partial charge on any atom is 0.263 e. The highest BCUT2D eigenvalue weighted by molar-refractivity contribution is 5.81. The van der Waals surface area contributed by atoms with Crippen molar-refractivity contribution in [2.45, 2.75) is 19.4 Å². The molecule has 1 aliphatic heterocycles. The van der Waals surface area contributed by atoms with Crippen molar-refractivity contribution in [2.24, 2.45) is 0 Å². The molecule has 6 heteroatoms. The van der Waals surface area contributed by atoms with Gasteiger partial charge >= 0.3 is 0 Å². The molecule has 1 aromatic carbocycles. The van der Waals surface area contributed by atoms with Crippen LogP contribution in [-0.2, 0) is 9.59 Å². The van der Waals surface area contributed by atoms with E-state index >= 15 is 0 Å². The van der Waals surface area contributed by atoms with Gasteiger partial charge in [-0.2, -0.15) is 0 Å². The summed E-state index contributed by atoms with van der Waals surface area (Å²) < 4.78 is 10.9. The molecule has 22 heavy (non-hydrogen) atoms. The fraction of sp³-hybridized carbons (Fsp3) is 0.500. The molecule has 0 saturated carbocycles. The molecule has 1 aromatic rings. The third-order valence-electron chi connectivity index (χ3n) is 3.76. The topological polar surface area (TPSA) is 59.1 Å². The lowest BCUT2D eigenvalue weighted by atomic mass is 10.2. The number of nitrogens with zero attached hydrogens (tertiary/aromatic N) is 2. The fourth-order valence-electron chi connectivity index (χ4n) is 2.38. The Kier molecular flexibility index (Phi) is 5.63. The highest BCUT2D eigenvalue weighted by Crippen LogP contribution is 2.19. The van der Waals surface area contributed by atoms with Crippen LogP contribution in [0.3, 0.4) is 0 Å². The zero-order valence-electron chi connectivity index (χ0n) is 13.0. The molecule has 1 saturated heterocycles. The second kappa shape index (κ2) is 7.68. The third-order valence-corrected chi connectivity index (χ3v) is 3.76. The number of methoxy groups -OCH3 is 1. The van der Waals surface area contributed by atoms with Gasteiger partial charge in [0.05, 0.1) is 7.11 Å². The van der Waals surface area contributed by atoms with Gasteiger partial charge in [-0.25, -0.2) is 0 Å². The molecule has 0 radical (unpaired) electrons. The van der Waals surface area contributed by atoms with Gasteiger partial charge in [-0.15, -0.1) is 0 Å². The largest absolute Gasteiger partial charge is 0.497 e. The Hall–Kier alpha value is -2.24. The van der Waals surface area contributed by atoms with Crippen LogP contribution in [0.5, 0.6) is 11.5 Å². The molecule has 0 spiro atoms. The van der Waals surface area contributed by atoms with Crippen molar-refractivity contribution in [3.63, 3.8) is 0 Å². The lowest BCUT2D eigenvalue weighted by Crippen LogP contribution is -2.51. The molecule has 0 aromatic heterocycles. The van der Waals surface area contributed by atoms with Gasteiger partial charge in [0, 0.05) is 26.2 Å². The molecule has 0 N–H and O–H groups in total. The normalized spacial score (nSPS) is 16.1. The summed E-state index contributed by atoms with van der Waals surface area (Å²) in [4.78, 5) is 26.7. The van der Waals surface area contributed by atoms with Crippen LogP contribution in [0.2, 0.25) is 0 Å². The molecular weight excluding hydrogens is 284 g/mol. The monoisotopic (exact) mass is 306 g/mol. The first-order valence-corrected chi connectivity index (χ1v) is 7.46. The van der Waals surface area contributed by atoms with E-state index in [1.54, 1.807) is 41.2 Å². The van der Waals surface area contributed by atoms with Crippen molar-refractivity contribution in [2.75, 3.05) is 33.3 Å². The van der Waals surface area contributed by atoms with Crippen LogP contribution in [0.1, 0.15) is 13.3 Å². The molecule has 1 unspecified atom stereocenters. The molecule has 6 nitrogen and oxygen atoms in total. The summed E-state index contributed by atoms with van der Waals surface area (Å²) in [5.74, 6) is 1.37. The van der Waals surface area contributed by atoms with Crippen molar-refractivity contribution in [1.82, 2.24) is 9.80 Å². The van der Waals surface area contributed by atoms with Gasteiger partial charge < -0.3 is 19.3 Å². The summed E-state index contributed by atoms with van der Waals surface area (Å²) in [6, 6.07) is 7.18. The van der Waals surface area contributed by atoms with Gasteiger partial charge in [0.2, 0.25) is 6.41 Å². The Balaban J connectivity index is 1.95. The van der Waals surface area contributed by atoms with Crippen molar-refractivity contribution >= 4 is 12.3 Å². The minimum atomic E-state index is -0.504. The smallest absolute Gasteiger partial charge is 0.263 e. The number of hydrogen-bond acceptors (Lipinski definition) is 4. The maximum absolute atomic E-state index is 12.5. The number of carbonyl (C=O) groups is 2. The van der Waals surface area contributed by atoms with E-state index in [9.17, 15) is 9.59 Å². The van der Waals surface area contributed by atoms with Crippen LogP contribution >= 0.6 is 0 Å². The second-order valence-corrected chi connectivity index (χ2v) is 5.16. The Labute approximate surface area is 130 Å². The minimum absolute atomic E-state index is 0.0242. The summed E-state index contributed by atoms with van der Waals surface area (Å²) >= 11 is 0. The number of rotatable bonds is 6. The standard InChI is InChI=1S/C16H22N2O4/c1-3-15(22-14-6-4-13(21-2)5-7-14)16(20)18-10-8-17(12-19)9-11-18/h4-7,12,15H,3,8-11H2,1-2H3. The van der Waals surface area contributed by atoms with Crippen molar-refractivity contribution in [3.05, 3.63) is 24.3 Å². The van der Waals surface area contributed by atoms with Crippen molar-refractivity contribution in [1.29, 1.82) is 0 Å². The minimum Gasteiger partial charge on any atom is -0.497 e. The quantitative estimate of drug-likeness (QED) is 0.740. The van der Waals surface area contributed by atoms with Gasteiger partial charge in [0.25, 0.3) is 5.91 Å². The van der Waals surface area contributed by atoms with E-state index in [0.29, 0.717) is 38.3 Å². The first-order valence-electron chi connectivity index (χ1n) is 7.46.